The molecule has 1 aliphatic heterocycles. The minimum Gasteiger partial charge on any atom is -0.491 e. The largest absolute Gasteiger partial charge is 0.491 e. The number of nitrogens with one attached hydrogen (secondary N) is 1. The summed E-state index contributed by atoms with van der Waals surface area (Å²) in [5.41, 5.74) is 0.928. The Morgan fingerprint density at radius 3 is 3.17 bits per heavy atom. The van der Waals surface area contributed by atoms with Crippen molar-refractivity contribution in [3.8, 4) is 17.2 Å². The first kappa shape index (κ1) is 15.0. The SMILES string of the molecule is Cc1cn2nc(NC[C@H](O)COc3ccc4c(c3)OCO4)sc2n1. The van der Waals surface area contributed by atoms with Crippen LogP contribution in [0.1, 0.15) is 5.69 Å². The number of nitrogens with zero attached hydrogens (tertiary/aromatic N) is 3. The lowest BCUT2D eigenvalue weighted by molar-refractivity contribution is 0.117. The fraction of sp³-hybridized carbons (Fsp3) is 0.333. The van der Waals surface area contributed by atoms with Crippen LogP contribution in [0.3, 0.4) is 0 Å². The maximum Gasteiger partial charge on any atom is 0.231 e. The average Bonchev–Trinajstić information content (AvgIpc) is 3.24. The molecule has 0 amide bonds. The zero-order valence-corrected chi connectivity index (χ0v) is 13.7. The lowest BCUT2D eigenvalue weighted by atomic mass is 10.3. The van der Waals surface area contributed by atoms with Crippen LogP contribution in [-0.2, 0) is 0 Å². The number of aromatic nitrogens is 3. The smallest absolute Gasteiger partial charge is 0.231 e. The van der Waals surface area contributed by atoms with Crippen LogP contribution < -0.4 is 19.5 Å². The van der Waals surface area contributed by atoms with Gasteiger partial charge in [-0.1, -0.05) is 11.3 Å². The second-order valence-corrected chi connectivity index (χ2v) is 6.33. The standard InChI is InChI=1S/C15H16N4O4S/c1-9-6-19-15(17-9)24-14(18-19)16-5-10(20)7-21-11-2-3-12-13(4-11)23-8-22-12/h2-4,6,10,20H,5,7-8H2,1H3,(H,16,18)/t10-/m0/s1. The van der Waals surface area contributed by atoms with Gasteiger partial charge in [-0.25, -0.2) is 9.50 Å². The summed E-state index contributed by atoms with van der Waals surface area (Å²) in [6.45, 7) is 2.64. The van der Waals surface area contributed by atoms with Crippen LogP contribution in [0, 0.1) is 6.92 Å². The zero-order chi connectivity index (χ0) is 16.5. The fourth-order valence-electron chi connectivity index (χ4n) is 2.30. The Morgan fingerprint density at radius 1 is 1.42 bits per heavy atom. The highest BCUT2D eigenvalue weighted by molar-refractivity contribution is 7.20. The highest BCUT2D eigenvalue weighted by Gasteiger charge is 2.14. The molecule has 0 saturated carbocycles. The van der Waals surface area contributed by atoms with Crippen molar-refractivity contribution < 1.29 is 19.3 Å². The Hall–Kier alpha value is -2.52. The third kappa shape index (κ3) is 3.08. The maximum absolute atomic E-state index is 10.0. The summed E-state index contributed by atoms with van der Waals surface area (Å²) in [5.74, 6) is 1.98. The van der Waals surface area contributed by atoms with E-state index in [2.05, 4.69) is 15.4 Å². The molecule has 3 heterocycles. The van der Waals surface area contributed by atoms with E-state index in [4.69, 9.17) is 14.2 Å². The third-order valence-corrected chi connectivity index (χ3v) is 4.32. The molecule has 0 fully saturated rings. The summed E-state index contributed by atoms with van der Waals surface area (Å²) in [5, 5.41) is 18.2. The Balaban J connectivity index is 1.28. The first-order valence-corrected chi connectivity index (χ1v) is 8.26. The molecule has 0 spiro atoms. The normalized spacial score (nSPS) is 14.1. The van der Waals surface area contributed by atoms with Gasteiger partial charge in [0.15, 0.2) is 11.5 Å². The van der Waals surface area contributed by atoms with E-state index >= 15 is 0 Å². The zero-order valence-electron chi connectivity index (χ0n) is 12.9. The first-order chi connectivity index (χ1) is 11.7. The molecule has 24 heavy (non-hydrogen) atoms. The summed E-state index contributed by atoms with van der Waals surface area (Å²) in [7, 11) is 0. The minimum absolute atomic E-state index is 0.161. The lowest BCUT2D eigenvalue weighted by Gasteiger charge is -2.12. The number of hydrogen-bond donors (Lipinski definition) is 2. The molecule has 4 rings (SSSR count). The molecule has 0 aliphatic carbocycles. The highest BCUT2D eigenvalue weighted by atomic mass is 32.1. The Bertz CT molecular complexity index is 831. The van der Waals surface area contributed by atoms with E-state index in [0.717, 1.165) is 10.7 Å². The van der Waals surface area contributed by atoms with Gasteiger partial charge >= 0.3 is 0 Å². The van der Waals surface area contributed by atoms with Gasteiger partial charge < -0.3 is 24.6 Å². The van der Waals surface area contributed by atoms with Gasteiger partial charge in [-0.2, -0.15) is 0 Å². The predicted molar refractivity (Wildman–Crippen MR) is 88.2 cm³/mol. The molecule has 0 unspecified atom stereocenters. The second-order valence-electron chi connectivity index (χ2n) is 5.38. The van der Waals surface area contributed by atoms with Crippen LogP contribution in [0.5, 0.6) is 17.2 Å². The van der Waals surface area contributed by atoms with Crippen molar-refractivity contribution in [1.29, 1.82) is 0 Å². The summed E-state index contributed by atoms with van der Waals surface area (Å²) >= 11 is 1.44. The predicted octanol–water partition coefficient (Wildman–Crippen LogP) is 1.68. The molecule has 1 aromatic carbocycles. The van der Waals surface area contributed by atoms with Crippen LogP contribution in [0.4, 0.5) is 5.13 Å². The van der Waals surface area contributed by atoms with E-state index in [9.17, 15) is 5.11 Å². The van der Waals surface area contributed by atoms with E-state index in [-0.39, 0.29) is 13.4 Å². The average molecular weight is 348 g/mol. The maximum atomic E-state index is 10.0. The van der Waals surface area contributed by atoms with Crippen molar-refractivity contribution in [2.75, 3.05) is 25.3 Å². The molecular formula is C15H16N4O4S. The van der Waals surface area contributed by atoms with Crippen LogP contribution >= 0.6 is 11.3 Å². The summed E-state index contributed by atoms with van der Waals surface area (Å²) in [6, 6.07) is 5.32. The van der Waals surface area contributed by atoms with Gasteiger partial charge in [0, 0.05) is 12.6 Å². The summed E-state index contributed by atoms with van der Waals surface area (Å²) in [6.07, 6.45) is 1.18. The number of fused-ring (bicyclic) bond motifs is 2. The van der Waals surface area contributed by atoms with Crippen LogP contribution in [-0.4, -0.2) is 45.8 Å². The van der Waals surface area contributed by atoms with Crippen LogP contribution in [0.15, 0.2) is 24.4 Å². The van der Waals surface area contributed by atoms with Gasteiger partial charge in [0.2, 0.25) is 16.9 Å². The van der Waals surface area contributed by atoms with E-state index in [1.54, 1.807) is 22.7 Å². The topological polar surface area (TPSA) is 90.1 Å². The van der Waals surface area contributed by atoms with Gasteiger partial charge in [-0.15, -0.1) is 5.10 Å². The van der Waals surface area contributed by atoms with E-state index in [0.29, 0.717) is 28.9 Å². The molecule has 8 nitrogen and oxygen atoms in total. The van der Waals surface area contributed by atoms with Crippen molar-refractivity contribution in [3.63, 3.8) is 0 Å². The van der Waals surface area contributed by atoms with Gasteiger partial charge in [0.25, 0.3) is 0 Å². The van der Waals surface area contributed by atoms with Crippen molar-refractivity contribution in [1.82, 2.24) is 14.6 Å². The van der Waals surface area contributed by atoms with E-state index in [1.807, 2.05) is 13.1 Å². The van der Waals surface area contributed by atoms with Crippen molar-refractivity contribution in [2.45, 2.75) is 13.0 Å². The van der Waals surface area contributed by atoms with E-state index in [1.165, 1.54) is 11.3 Å². The number of imidazole rings is 1. The van der Waals surface area contributed by atoms with Crippen LogP contribution in [0.2, 0.25) is 0 Å². The van der Waals surface area contributed by atoms with Crippen molar-refractivity contribution in [3.05, 3.63) is 30.1 Å². The number of aryl methyl sites for hydroxylation is 1. The monoisotopic (exact) mass is 348 g/mol. The molecule has 0 bridgehead atoms. The Labute approximate surface area is 141 Å². The number of aliphatic hydroxyl groups is 1. The number of hydrogen-bond acceptors (Lipinski definition) is 8. The number of rotatable bonds is 6. The number of ether oxygens (including phenoxy) is 3. The molecule has 1 atom stereocenters. The minimum atomic E-state index is -0.673. The molecule has 9 heteroatoms. The molecule has 3 aromatic rings. The molecular weight excluding hydrogens is 332 g/mol. The van der Waals surface area contributed by atoms with Gasteiger partial charge in [-0.3, -0.25) is 0 Å². The summed E-state index contributed by atoms with van der Waals surface area (Å²) < 4.78 is 17.8. The number of benzene rings is 1. The summed E-state index contributed by atoms with van der Waals surface area (Å²) in [4.78, 5) is 5.16. The molecule has 0 radical (unpaired) electrons. The molecule has 126 valence electrons. The quantitative estimate of drug-likeness (QED) is 0.700. The Morgan fingerprint density at radius 2 is 2.29 bits per heavy atom. The lowest BCUT2D eigenvalue weighted by Crippen LogP contribution is -2.26. The molecule has 1 aliphatic rings. The molecule has 0 saturated heterocycles. The van der Waals surface area contributed by atoms with Gasteiger partial charge in [0.05, 0.1) is 11.9 Å². The van der Waals surface area contributed by atoms with Crippen molar-refractivity contribution >= 4 is 21.4 Å². The molecule has 2 N–H and O–H groups in total. The Kier molecular flexibility index (Phi) is 3.87. The van der Waals surface area contributed by atoms with Crippen molar-refractivity contribution in [2.24, 2.45) is 0 Å². The number of aliphatic hydroxyl groups excluding tert-OH is 1. The van der Waals surface area contributed by atoms with Crippen LogP contribution in [0.25, 0.3) is 4.96 Å². The first-order valence-electron chi connectivity index (χ1n) is 7.44. The second kappa shape index (κ2) is 6.17. The van der Waals surface area contributed by atoms with Gasteiger partial charge in [0.1, 0.15) is 18.5 Å². The third-order valence-electron chi connectivity index (χ3n) is 3.44. The van der Waals surface area contributed by atoms with Gasteiger partial charge in [-0.05, 0) is 19.1 Å². The molecule has 2 aromatic heterocycles. The highest BCUT2D eigenvalue weighted by Crippen LogP contribution is 2.35. The fourth-order valence-corrected chi connectivity index (χ4v) is 3.14. The number of anilines is 1. The van der Waals surface area contributed by atoms with E-state index < -0.39 is 6.10 Å².